The van der Waals surface area contributed by atoms with Gasteiger partial charge >= 0.3 is 6.18 Å². The maximum atomic E-state index is 12.0. The summed E-state index contributed by atoms with van der Waals surface area (Å²) >= 11 is 0. The Labute approximate surface area is 65.9 Å². The number of amides is 1. The molecule has 0 aliphatic carbocycles. The first kappa shape index (κ1) is 8.76. The molecule has 0 atom stereocenters. The first-order valence-corrected chi connectivity index (χ1v) is 2.92. The Kier molecular flexibility index (Phi) is 1.91. The SMILES string of the molecule is CC1=[C]C(=O)[N]N=C1C(F)(F)F. The quantitative estimate of drug-likeness (QED) is 0.538. The molecule has 1 aliphatic heterocycles. The Balaban J connectivity index is 2.96. The second-order valence-corrected chi connectivity index (χ2v) is 2.10. The number of halogens is 3. The number of alkyl halides is 3. The summed E-state index contributed by atoms with van der Waals surface area (Å²) < 4.78 is 35.9. The summed E-state index contributed by atoms with van der Waals surface area (Å²) in [6, 6.07) is 0. The summed E-state index contributed by atoms with van der Waals surface area (Å²) in [6.07, 6.45) is -2.67. The van der Waals surface area contributed by atoms with Crippen molar-refractivity contribution in [1.82, 2.24) is 5.43 Å². The molecule has 6 heteroatoms. The first-order valence-electron chi connectivity index (χ1n) is 2.92. The van der Waals surface area contributed by atoms with Gasteiger partial charge in [-0.25, -0.2) is 0 Å². The van der Waals surface area contributed by atoms with Crippen LogP contribution in [-0.2, 0) is 4.79 Å². The molecule has 12 heavy (non-hydrogen) atoms. The molecule has 0 N–H and O–H groups in total. The molecule has 2 radical (unpaired) electrons. The van der Waals surface area contributed by atoms with E-state index in [0.29, 0.717) is 0 Å². The fourth-order valence-electron chi connectivity index (χ4n) is 0.684. The van der Waals surface area contributed by atoms with Gasteiger partial charge in [0.2, 0.25) is 0 Å². The second-order valence-electron chi connectivity index (χ2n) is 2.10. The molecule has 1 heterocycles. The van der Waals surface area contributed by atoms with Crippen LogP contribution in [0.3, 0.4) is 0 Å². The molecular weight excluding hydrogens is 173 g/mol. The van der Waals surface area contributed by atoms with Crippen molar-refractivity contribution in [3.05, 3.63) is 11.6 Å². The highest BCUT2D eigenvalue weighted by molar-refractivity contribution is 6.08. The van der Waals surface area contributed by atoms with Gasteiger partial charge in [0.15, 0.2) is 5.71 Å². The number of rotatable bonds is 0. The van der Waals surface area contributed by atoms with Crippen molar-refractivity contribution in [3.8, 4) is 0 Å². The fraction of sp³-hybridized carbons (Fsp3) is 0.333. The van der Waals surface area contributed by atoms with Crippen LogP contribution >= 0.6 is 0 Å². The van der Waals surface area contributed by atoms with Crippen LogP contribution in [0.4, 0.5) is 13.2 Å². The Morgan fingerprint density at radius 3 is 2.42 bits per heavy atom. The molecular formula is C6H3F3N2O. The van der Waals surface area contributed by atoms with Crippen molar-refractivity contribution in [2.75, 3.05) is 0 Å². The molecule has 0 saturated heterocycles. The zero-order chi connectivity index (χ0) is 9.35. The van der Waals surface area contributed by atoms with Crippen LogP contribution in [-0.4, -0.2) is 17.8 Å². The van der Waals surface area contributed by atoms with E-state index in [1.807, 2.05) is 6.08 Å². The van der Waals surface area contributed by atoms with Gasteiger partial charge in [0.25, 0.3) is 5.91 Å². The lowest BCUT2D eigenvalue weighted by Crippen LogP contribution is -2.30. The van der Waals surface area contributed by atoms with Crippen molar-refractivity contribution in [2.45, 2.75) is 13.1 Å². The zero-order valence-corrected chi connectivity index (χ0v) is 5.94. The van der Waals surface area contributed by atoms with Crippen molar-refractivity contribution < 1.29 is 18.0 Å². The lowest BCUT2D eigenvalue weighted by Gasteiger charge is -2.11. The van der Waals surface area contributed by atoms with Gasteiger partial charge < -0.3 is 0 Å². The van der Waals surface area contributed by atoms with E-state index in [0.717, 1.165) is 6.92 Å². The summed E-state index contributed by atoms with van der Waals surface area (Å²) in [5.74, 6) is -0.888. The van der Waals surface area contributed by atoms with Gasteiger partial charge in [0.05, 0.1) is 6.08 Å². The highest BCUT2D eigenvalue weighted by Crippen LogP contribution is 2.22. The van der Waals surface area contributed by atoms with Gasteiger partial charge in [-0.2, -0.15) is 13.2 Å². The average molecular weight is 176 g/mol. The molecule has 1 aliphatic rings. The van der Waals surface area contributed by atoms with E-state index in [1.165, 1.54) is 0 Å². The Morgan fingerprint density at radius 2 is 2.00 bits per heavy atom. The molecule has 0 spiro atoms. The minimum Gasteiger partial charge on any atom is -0.265 e. The number of nitrogens with zero attached hydrogens (tertiary/aromatic N) is 2. The molecule has 0 bridgehead atoms. The van der Waals surface area contributed by atoms with Gasteiger partial charge in [0, 0.05) is 0 Å². The first-order chi connectivity index (χ1) is 5.41. The molecule has 1 rings (SSSR count). The van der Waals surface area contributed by atoms with Gasteiger partial charge in [0.1, 0.15) is 0 Å². The van der Waals surface area contributed by atoms with Crippen LogP contribution in [0.5, 0.6) is 0 Å². The van der Waals surface area contributed by atoms with Crippen LogP contribution in [0, 0.1) is 6.08 Å². The van der Waals surface area contributed by atoms with Crippen molar-refractivity contribution in [1.29, 1.82) is 0 Å². The minimum atomic E-state index is -4.57. The van der Waals surface area contributed by atoms with Crippen molar-refractivity contribution >= 4 is 11.6 Å². The van der Waals surface area contributed by atoms with Crippen LogP contribution in [0.2, 0.25) is 0 Å². The largest absolute Gasteiger partial charge is 0.435 e. The van der Waals surface area contributed by atoms with E-state index in [-0.39, 0.29) is 5.57 Å². The third kappa shape index (κ3) is 1.63. The van der Waals surface area contributed by atoms with Gasteiger partial charge in [-0.3, -0.25) is 4.79 Å². The van der Waals surface area contributed by atoms with Crippen molar-refractivity contribution in [3.63, 3.8) is 0 Å². The molecule has 0 fully saturated rings. The molecule has 0 aromatic carbocycles. The molecule has 64 valence electrons. The lowest BCUT2D eigenvalue weighted by molar-refractivity contribution is -0.117. The van der Waals surface area contributed by atoms with Crippen LogP contribution in [0.1, 0.15) is 6.92 Å². The number of hydrogen-bond donors (Lipinski definition) is 0. The van der Waals surface area contributed by atoms with Crippen molar-refractivity contribution in [2.24, 2.45) is 5.10 Å². The maximum Gasteiger partial charge on any atom is 0.435 e. The predicted molar refractivity (Wildman–Crippen MR) is 33.1 cm³/mol. The molecule has 0 aromatic rings. The normalized spacial score (nSPS) is 18.2. The summed E-state index contributed by atoms with van der Waals surface area (Å²) in [4.78, 5) is 10.4. The molecule has 0 unspecified atom stereocenters. The maximum absolute atomic E-state index is 12.0. The summed E-state index contributed by atoms with van der Waals surface area (Å²) in [6.45, 7) is 1.11. The number of hydrogen-bond acceptors (Lipinski definition) is 2. The highest BCUT2D eigenvalue weighted by atomic mass is 19.4. The Morgan fingerprint density at radius 1 is 1.42 bits per heavy atom. The third-order valence-electron chi connectivity index (χ3n) is 1.16. The fourth-order valence-corrected chi connectivity index (χ4v) is 0.684. The summed E-state index contributed by atoms with van der Waals surface area (Å²) in [5, 5.41) is 2.73. The standard InChI is InChI=1S/C6H3F3N2O/c1-3-2-4(12)10-11-5(3)6(7,8)9/h1H3. The minimum absolute atomic E-state index is 0.331. The van der Waals surface area contributed by atoms with E-state index in [2.05, 4.69) is 10.5 Å². The molecule has 1 amide bonds. The lowest BCUT2D eigenvalue weighted by atomic mass is 10.1. The van der Waals surface area contributed by atoms with E-state index in [1.54, 1.807) is 0 Å². The molecule has 0 saturated carbocycles. The van der Waals surface area contributed by atoms with E-state index < -0.39 is 17.8 Å². The smallest absolute Gasteiger partial charge is 0.265 e. The van der Waals surface area contributed by atoms with E-state index in [4.69, 9.17) is 0 Å². The molecule has 0 aromatic heterocycles. The van der Waals surface area contributed by atoms with Crippen LogP contribution < -0.4 is 5.43 Å². The monoisotopic (exact) mass is 176 g/mol. The Bertz CT molecular complexity index is 277. The Hall–Kier alpha value is -1.33. The molecule has 3 nitrogen and oxygen atoms in total. The highest BCUT2D eigenvalue weighted by Gasteiger charge is 2.39. The number of allylic oxidation sites excluding steroid dienone is 1. The van der Waals surface area contributed by atoms with E-state index in [9.17, 15) is 18.0 Å². The average Bonchev–Trinajstić information content (AvgIpc) is 1.83. The predicted octanol–water partition coefficient (Wildman–Crippen LogP) is 0.799. The second kappa shape index (κ2) is 2.62. The number of carbonyl (C=O) groups is 1. The van der Waals surface area contributed by atoms with Gasteiger partial charge in [-0.1, -0.05) is 0 Å². The third-order valence-corrected chi connectivity index (χ3v) is 1.16. The van der Waals surface area contributed by atoms with Gasteiger partial charge in [-0.05, 0) is 12.5 Å². The zero-order valence-electron chi connectivity index (χ0n) is 5.94. The summed E-state index contributed by atoms with van der Waals surface area (Å²) in [7, 11) is 0. The summed E-state index contributed by atoms with van der Waals surface area (Å²) in [5.41, 5.74) is 1.23. The van der Waals surface area contributed by atoms with Crippen LogP contribution in [0.25, 0.3) is 0 Å². The van der Waals surface area contributed by atoms with Crippen LogP contribution in [0.15, 0.2) is 10.7 Å². The van der Waals surface area contributed by atoms with E-state index >= 15 is 0 Å². The van der Waals surface area contributed by atoms with Gasteiger partial charge in [-0.15, -0.1) is 10.5 Å². The topological polar surface area (TPSA) is 43.5 Å². The number of carbonyl (C=O) groups excluding carboxylic acids is 1.